The van der Waals surface area contributed by atoms with Crippen LogP contribution in [0.2, 0.25) is 0 Å². The Hall–Kier alpha value is -1.06. The van der Waals surface area contributed by atoms with Crippen molar-refractivity contribution in [3.63, 3.8) is 0 Å². The standard InChI is InChI=1S/C10H17NO3/c1-3-4-8(10(13)14)11-9(12)7-5-6(7)2/h6-8H,3-5H2,1-2H3,(H,11,12)(H,13,14)/t6?,7?,8-/m1/s1. The van der Waals surface area contributed by atoms with Crippen molar-refractivity contribution >= 4 is 11.9 Å². The molecule has 4 heteroatoms. The number of hydrogen-bond acceptors (Lipinski definition) is 2. The van der Waals surface area contributed by atoms with Gasteiger partial charge in [0, 0.05) is 5.92 Å². The van der Waals surface area contributed by atoms with Crippen molar-refractivity contribution in [1.29, 1.82) is 0 Å². The largest absolute Gasteiger partial charge is 0.480 e. The quantitative estimate of drug-likeness (QED) is 0.694. The molecule has 0 aromatic rings. The number of hydrogen-bond donors (Lipinski definition) is 2. The molecular weight excluding hydrogens is 182 g/mol. The van der Waals surface area contributed by atoms with E-state index < -0.39 is 12.0 Å². The molecular formula is C10H17NO3. The van der Waals surface area contributed by atoms with Gasteiger partial charge in [0.05, 0.1) is 0 Å². The van der Waals surface area contributed by atoms with Crippen LogP contribution in [0.3, 0.4) is 0 Å². The zero-order valence-corrected chi connectivity index (χ0v) is 8.62. The van der Waals surface area contributed by atoms with Crippen molar-refractivity contribution in [2.45, 2.75) is 39.2 Å². The van der Waals surface area contributed by atoms with E-state index in [1.54, 1.807) is 0 Å². The van der Waals surface area contributed by atoms with Crippen molar-refractivity contribution in [2.24, 2.45) is 11.8 Å². The van der Waals surface area contributed by atoms with Crippen molar-refractivity contribution in [3.8, 4) is 0 Å². The van der Waals surface area contributed by atoms with Gasteiger partial charge in [-0.15, -0.1) is 0 Å². The van der Waals surface area contributed by atoms with E-state index in [0.717, 1.165) is 12.8 Å². The first-order chi connectivity index (χ1) is 6.56. The summed E-state index contributed by atoms with van der Waals surface area (Å²) in [7, 11) is 0. The van der Waals surface area contributed by atoms with Gasteiger partial charge in [0.2, 0.25) is 5.91 Å². The van der Waals surface area contributed by atoms with Gasteiger partial charge < -0.3 is 10.4 Å². The summed E-state index contributed by atoms with van der Waals surface area (Å²) in [5, 5.41) is 11.4. The minimum atomic E-state index is -0.937. The highest BCUT2D eigenvalue weighted by atomic mass is 16.4. The number of carboxylic acids is 1. The lowest BCUT2D eigenvalue weighted by Gasteiger charge is -2.12. The summed E-state index contributed by atoms with van der Waals surface area (Å²) in [6.07, 6.45) is 2.16. The van der Waals surface area contributed by atoms with Crippen molar-refractivity contribution < 1.29 is 14.7 Å². The fourth-order valence-electron chi connectivity index (χ4n) is 1.51. The molecule has 0 spiro atoms. The van der Waals surface area contributed by atoms with Crippen LogP contribution >= 0.6 is 0 Å². The van der Waals surface area contributed by atoms with Gasteiger partial charge in [-0.1, -0.05) is 20.3 Å². The number of aliphatic carboxylic acids is 1. The molecule has 1 aliphatic carbocycles. The fraction of sp³-hybridized carbons (Fsp3) is 0.800. The Balaban J connectivity index is 2.38. The van der Waals surface area contributed by atoms with Crippen LogP contribution in [-0.4, -0.2) is 23.0 Å². The summed E-state index contributed by atoms with van der Waals surface area (Å²) >= 11 is 0. The van der Waals surface area contributed by atoms with E-state index in [9.17, 15) is 9.59 Å². The molecule has 4 nitrogen and oxygen atoms in total. The zero-order chi connectivity index (χ0) is 10.7. The third-order valence-corrected chi connectivity index (χ3v) is 2.64. The lowest BCUT2D eigenvalue weighted by atomic mass is 10.1. The highest BCUT2D eigenvalue weighted by molar-refractivity contribution is 5.86. The van der Waals surface area contributed by atoms with Gasteiger partial charge in [0.25, 0.3) is 0 Å². The number of carbonyl (C=O) groups is 2. The van der Waals surface area contributed by atoms with Gasteiger partial charge in [0.15, 0.2) is 0 Å². The summed E-state index contributed by atoms with van der Waals surface area (Å²) in [6.45, 7) is 3.90. The van der Waals surface area contributed by atoms with E-state index in [2.05, 4.69) is 5.32 Å². The maximum absolute atomic E-state index is 11.4. The van der Waals surface area contributed by atoms with Crippen molar-refractivity contribution in [2.75, 3.05) is 0 Å². The Bertz CT molecular complexity index is 240. The molecule has 80 valence electrons. The smallest absolute Gasteiger partial charge is 0.326 e. The SMILES string of the molecule is CCC[C@@H](NC(=O)C1CC1C)C(=O)O. The first-order valence-electron chi connectivity index (χ1n) is 5.09. The van der Waals surface area contributed by atoms with Crippen LogP contribution in [0.1, 0.15) is 33.1 Å². The van der Waals surface area contributed by atoms with Crippen LogP contribution in [0.15, 0.2) is 0 Å². The van der Waals surface area contributed by atoms with Crippen LogP contribution in [0.4, 0.5) is 0 Å². The maximum Gasteiger partial charge on any atom is 0.326 e. The molecule has 0 bridgehead atoms. The predicted octanol–water partition coefficient (Wildman–Crippen LogP) is 1.01. The summed E-state index contributed by atoms with van der Waals surface area (Å²) in [6, 6.07) is -0.708. The average Bonchev–Trinajstić information content (AvgIpc) is 2.81. The van der Waals surface area contributed by atoms with Gasteiger partial charge in [-0.25, -0.2) is 4.79 Å². The lowest BCUT2D eigenvalue weighted by Crippen LogP contribution is -2.41. The second-order valence-electron chi connectivity index (χ2n) is 4.01. The third kappa shape index (κ3) is 2.72. The number of carboxylic acid groups (broad SMARTS) is 1. The van der Waals surface area contributed by atoms with Crippen LogP contribution in [0.25, 0.3) is 0 Å². The van der Waals surface area contributed by atoms with Gasteiger partial charge in [-0.3, -0.25) is 4.79 Å². The Morgan fingerprint density at radius 1 is 1.57 bits per heavy atom. The van der Waals surface area contributed by atoms with E-state index in [4.69, 9.17) is 5.11 Å². The first-order valence-corrected chi connectivity index (χ1v) is 5.09. The molecule has 3 atom stereocenters. The number of amides is 1. The summed E-state index contributed by atoms with van der Waals surface area (Å²) in [5.41, 5.74) is 0. The minimum Gasteiger partial charge on any atom is -0.480 e. The van der Waals surface area contributed by atoms with Crippen LogP contribution < -0.4 is 5.32 Å². The van der Waals surface area contributed by atoms with Gasteiger partial charge in [0.1, 0.15) is 6.04 Å². The molecule has 0 saturated heterocycles. The highest BCUT2D eigenvalue weighted by Crippen LogP contribution is 2.37. The van der Waals surface area contributed by atoms with Gasteiger partial charge in [-0.05, 0) is 18.8 Å². The van der Waals surface area contributed by atoms with Crippen molar-refractivity contribution in [1.82, 2.24) is 5.32 Å². The minimum absolute atomic E-state index is 0.0497. The summed E-state index contributed by atoms with van der Waals surface area (Å²) < 4.78 is 0. The number of nitrogens with one attached hydrogen (secondary N) is 1. The molecule has 0 aromatic carbocycles. The molecule has 1 rings (SSSR count). The predicted molar refractivity (Wildman–Crippen MR) is 51.7 cm³/mol. The Morgan fingerprint density at radius 3 is 2.50 bits per heavy atom. The molecule has 0 radical (unpaired) electrons. The molecule has 0 aromatic heterocycles. The Labute approximate surface area is 83.7 Å². The van der Waals surface area contributed by atoms with Gasteiger partial charge >= 0.3 is 5.97 Å². The summed E-state index contributed by atoms with van der Waals surface area (Å²) in [4.78, 5) is 22.2. The molecule has 1 amide bonds. The Morgan fingerprint density at radius 2 is 2.14 bits per heavy atom. The third-order valence-electron chi connectivity index (χ3n) is 2.64. The second-order valence-corrected chi connectivity index (χ2v) is 4.01. The molecule has 0 aliphatic heterocycles. The first kappa shape index (κ1) is 11.0. The van der Waals surface area contributed by atoms with Crippen LogP contribution in [0, 0.1) is 11.8 Å². The van der Waals surface area contributed by atoms with Crippen LogP contribution in [0.5, 0.6) is 0 Å². The van der Waals surface area contributed by atoms with E-state index in [0.29, 0.717) is 12.3 Å². The lowest BCUT2D eigenvalue weighted by molar-refractivity contribution is -0.142. The molecule has 1 fully saturated rings. The molecule has 2 unspecified atom stereocenters. The topological polar surface area (TPSA) is 66.4 Å². The fourth-order valence-corrected chi connectivity index (χ4v) is 1.51. The van der Waals surface area contributed by atoms with E-state index in [-0.39, 0.29) is 11.8 Å². The molecule has 1 saturated carbocycles. The van der Waals surface area contributed by atoms with E-state index in [1.807, 2.05) is 13.8 Å². The maximum atomic E-state index is 11.4. The highest BCUT2D eigenvalue weighted by Gasteiger charge is 2.40. The Kier molecular flexibility index (Phi) is 3.49. The molecule has 0 heterocycles. The molecule has 2 N–H and O–H groups in total. The molecule has 14 heavy (non-hydrogen) atoms. The number of carbonyl (C=O) groups excluding carboxylic acids is 1. The number of rotatable bonds is 5. The zero-order valence-electron chi connectivity index (χ0n) is 8.62. The molecule has 1 aliphatic rings. The second kappa shape index (κ2) is 4.44. The monoisotopic (exact) mass is 199 g/mol. The van der Waals surface area contributed by atoms with Gasteiger partial charge in [-0.2, -0.15) is 0 Å². The van der Waals surface area contributed by atoms with Crippen molar-refractivity contribution in [3.05, 3.63) is 0 Å². The normalized spacial score (nSPS) is 26.7. The van der Waals surface area contributed by atoms with E-state index >= 15 is 0 Å². The summed E-state index contributed by atoms with van der Waals surface area (Å²) in [5.74, 6) is -0.563. The van der Waals surface area contributed by atoms with Crippen LogP contribution in [-0.2, 0) is 9.59 Å². The van der Waals surface area contributed by atoms with E-state index in [1.165, 1.54) is 0 Å². The average molecular weight is 199 g/mol.